The van der Waals surface area contributed by atoms with Gasteiger partial charge in [-0.2, -0.15) is 0 Å². The van der Waals surface area contributed by atoms with Gasteiger partial charge in [0.1, 0.15) is 0 Å². The van der Waals surface area contributed by atoms with Crippen LogP contribution in [-0.4, -0.2) is 31.7 Å². The van der Waals surface area contributed by atoms with Gasteiger partial charge in [0.2, 0.25) is 5.91 Å². The molecule has 4 nitrogen and oxygen atoms in total. The molecule has 18 heavy (non-hydrogen) atoms. The number of methoxy groups -OCH3 is 1. The van der Waals surface area contributed by atoms with E-state index in [0.717, 1.165) is 32.2 Å². The maximum atomic E-state index is 12.1. The first-order valence-electron chi connectivity index (χ1n) is 7.01. The Balaban J connectivity index is 2.37. The van der Waals surface area contributed by atoms with E-state index in [4.69, 9.17) is 10.5 Å². The number of ether oxygens (including phenoxy) is 1. The molecule has 1 fully saturated rings. The molecule has 2 atom stereocenters. The Hall–Kier alpha value is -0.610. The number of nitrogens with two attached hydrogens (primary N) is 1. The third kappa shape index (κ3) is 4.94. The first kappa shape index (κ1) is 15.4. The van der Waals surface area contributed by atoms with E-state index in [0.29, 0.717) is 12.5 Å². The van der Waals surface area contributed by atoms with Crippen LogP contribution >= 0.6 is 0 Å². The van der Waals surface area contributed by atoms with Crippen LogP contribution in [0.5, 0.6) is 0 Å². The van der Waals surface area contributed by atoms with E-state index >= 15 is 0 Å². The molecule has 1 aliphatic carbocycles. The van der Waals surface area contributed by atoms with Gasteiger partial charge in [0.15, 0.2) is 0 Å². The molecule has 0 aromatic rings. The summed E-state index contributed by atoms with van der Waals surface area (Å²) in [6.45, 7) is 5.26. The molecule has 0 aromatic heterocycles. The molecule has 2 unspecified atom stereocenters. The molecule has 0 saturated heterocycles. The number of carbonyl (C=O) groups excluding carboxylic acids is 1. The molecule has 0 aromatic carbocycles. The third-order valence-electron chi connectivity index (χ3n) is 3.97. The summed E-state index contributed by atoms with van der Waals surface area (Å²) in [7, 11) is 1.67. The molecular weight excluding hydrogens is 228 g/mol. The summed E-state index contributed by atoms with van der Waals surface area (Å²) < 4.78 is 5.30. The zero-order valence-electron chi connectivity index (χ0n) is 12.0. The van der Waals surface area contributed by atoms with Crippen molar-refractivity contribution in [2.45, 2.75) is 51.6 Å². The fourth-order valence-corrected chi connectivity index (χ4v) is 2.54. The average molecular weight is 256 g/mol. The van der Waals surface area contributed by atoms with Crippen molar-refractivity contribution in [2.75, 3.05) is 20.2 Å². The summed E-state index contributed by atoms with van der Waals surface area (Å²) in [5, 5.41) is 3.01. The number of amides is 1. The fourth-order valence-electron chi connectivity index (χ4n) is 2.54. The third-order valence-corrected chi connectivity index (χ3v) is 3.97. The van der Waals surface area contributed by atoms with E-state index < -0.39 is 0 Å². The Morgan fingerprint density at radius 3 is 2.78 bits per heavy atom. The monoisotopic (exact) mass is 256 g/mol. The zero-order chi connectivity index (χ0) is 13.6. The minimum atomic E-state index is -0.291. The van der Waals surface area contributed by atoms with Gasteiger partial charge >= 0.3 is 0 Å². The lowest BCUT2D eigenvalue weighted by molar-refractivity contribution is -0.127. The van der Waals surface area contributed by atoms with Crippen molar-refractivity contribution in [2.24, 2.45) is 17.6 Å². The number of rotatable bonds is 6. The van der Waals surface area contributed by atoms with Crippen LogP contribution in [0.25, 0.3) is 0 Å². The Morgan fingerprint density at radius 1 is 1.44 bits per heavy atom. The minimum Gasteiger partial charge on any atom is -0.377 e. The van der Waals surface area contributed by atoms with E-state index in [9.17, 15) is 4.79 Å². The molecule has 1 amide bonds. The van der Waals surface area contributed by atoms with E-state index in [2.05, 4.69) is 5.32 Å². The lowest BCUT2D eigenvalue weighted by Crippen LogP contribution is -2.43. The van der Waals surface area contributed by atoms with Gasteiger partial charge in [-0.25, -0.2) is 0 Å². The molecular formula is C14H28N2O2. The SMILES string of the molecule is COC(C)(C)CNC(=O)C1CCCC(CCN)C1. The van der Waals surface area contributed by atoms with Gasteiger partial charge in [-0.05, 0) is 45.6 Å². The number of hydrogen-bond acceptors (Lipinski definition) is 3. The van der Waals surface area contributed by atoms with E-state index in [-0.39, 0.29) is 17.4 Å². The number of hydrogen-bond donors (Lipinski definition) is 2. The molecule has 0 heterocycles. The summed E-state index contributed by atoms with van der Waals surface area (Å²) in [5.41, 5.74) is 5.31. The van der Waals surface area contributed by atoms with Gasteiger partial charge in [0, 0.05) is 19.6 Å². The van der Waals surface area contributed by atoms with Crippen LogP contribution in [0, 0.1) is 11.8 Å². The quantitative estimate of drug-likeness (QED) is 0.760. The van der Waals surface area contributed by atoms with Crippen LogP contribution in [0.1, 0.15) is 46.0 Å². The second-order valence-corrected chi connectivity index (χ2v) is 5.99. The summed E-state index contributed by atoms with van der Waals surface area (Å²) in [6.07, 6.45) is 5.44. The van der Waals surface area contributed by atoms with Gasteiger partial charge in [-0.3, -0.25) is 4.79 Å². The highest BCUT2D eigenvalue weighted by atomic mass is 16.5. The Labute approximate surface area is 111 Å². The highest BCUT2D eigenvalue weighted by Gasteiger charge is 2.28. The van der Waals surface area contributed by atoms with Crippen molar-refractivity contribution in [3.05, 3.63) is 0 Å². The van der Waals surface area contributed by atoms with Crippen molar-refractivity contribution >= 4 is 5.91 Å². The summed E-state index contributed by atoms with van der Waals surface area (Å²) in [6, 6.07) is 0. The van der Waals surface area contributed by atoms with Crippen LogP contribution in [-0.2, 0) is 9.53 Å². The Bertz CT molecular complexity index is 265. The lowest BCUT2D eigenvalue weighted by atomic mass is 9.79. The first-order chi connectivity index (χ1) is 8.48. The van der Waals surface area contributed by atoms with Crippen molar-refractivity contribution < 1.29 is 9.53 Å². The smallest absolute Gasteiger partial charge is 0.223 e. The zero-order valence-corrected chi connectivity index (χ0v) is 12.0. The maximum Gasteiger partial charge on any atom is 0.223 e. The molecule has 0 spiro atoms. The Morgan fingerprint density at radius 2 is 2.17 bits per heavy atom. The van der Waals surface area contributed by atoms with Crippen molar-refractivity contribution in [3.63, 3.8) is 0 Å². The highest BCUT2D eigenvalue weighted by molar-refractivity contribution is 5.78. The van der Waals surface area contributed by atoms with Crippen LogP contribution in [0.4, 0.5) is 0 Å². The van der Waals surface area contributed by atoms with Crippen LogP contribution in [0.3, 0.4) is 0 Å². The minimum absolute atomic E-state index is 0.169. The first-order valence-corrected chi connectivity index (χ1v) is 7.01. The number of nitrogens with one attached hydrogen (secondary N) is 1. The standard InChI is InChI=1S/C14H28N2O2/c1-14(2,18-3)10-16-13(17)12-6-4-5-11(9-12)7-8-15/h11-12H,4-10,15H2,1-3H3,(H,16,17). The predicted molar refractivity (Wildman–Crippen MR) is 73.2 cm³/mol. The molecule has 106 valence electrons. The van der Waals surface area contributed by atoms with Crippen LogP contribution in [0.15, 0.2) is 0 Å². The highest BCUT2D eigenvalue weighted by Crippen LogP contribution is 2.30. The van der Waals surface area contributed by atoms with Crippen molar-refractivity contribution in [3.8, 4) is 0 Å². The van der Waals surface area contributed by atoms with E-state index in [1.54, 1.807) is 7.11 Å². The van der Waals surface area contributed by atoms with Crippen molar-refractivity contribution in [1.29, 1.82) is 0 Å². The predicted octanol–water partition coefficient (Wildman–Crippen LogP) is 1.68. The van der Waals surface area contributed by atoms with Crippen LogP contribution in [0.2, 0.25) is 0 Å². The largest absolute Gasteiger partial charge is 0.377 e. The van der Waals surface area contributed by atoms with Gasteiger partial charge in [0.25, 0.3) is 0 Å². The molecule has 0 radical (unpaired) electrons. The molecule has 4 heteroatoms. The topological polar surface area (TPSA) is 64.3 Å². The summed E-state index contributed by atoms with van der Waals surface area (Å²) in [5.74, 6) is 0.986. The molecule has 0 aliphatic heterocycles. The Kier molecular flexibility index (Phi) is 6.09. The molecule has 1 saturated carbocycles. The summed E-state index contributed by atoms with van der Waals surface area (Å²) in [4.78, 5) is 12.1. The van der Waals surface area contributed by atoms with Crippen molar-refractivity contribution in [1.82, 2.24) is 5.32 Å². The van der Waals surface area contributed by atoms with E-state index in [1.807, 2.05) is 13.8 Å². The van der Waals surface area contributed by atoms with Crippen LogP contribution < -0.4 is 11.1 Å². The van der Waals surface area contributed by atoms with Gasteiger partial charge < -0.3 is 15.8 Å². The lowest BCUT2D eigenvalue weighted by Gasteiger charge is -2.30. The van der Waals surface area contributed by atoms with Gasteiger partial charge in [-0.1, -0.05) is 12.8 Å². The molecule has 1 aliphatic rings. The molecule has 1 rings (SSSR count). The van der Waals surface area contributed by atoms with E-state index in [1.165, 1.54) is 6.42 Å². The van der Waals surface area contributed by atoms with Gasteiger partial charge in [0.05, 0.1) is 5.60 Å². The number of carbonyl (C=O) groups is 1. The molecule has 3 N–H and O–H groups in total. The van der Waals surface area contributed by atoms with Gasteiger partial charge in [-0.15, -0.1) is 0 Å². The average Bonchev–Trinajstić information content (AvgIpc) is 2.37. The second-order valence-electron chi connectivity index (χ2n) is 5.99. The second kappa shape index (κ2) is 7.10. The molecule has 0 bridgehead atoms. The maximum absolute atomic E-state index is 12.1. The summed E-state index contributed by atoms with van der Waals surface area (Å²) >= 11 is 0. The normalized spacial score (nSPS) is 24.9. The fraction of sp³-hybridized carbons (Fsp3) is 0.929.